The summed E-state index contributed by atoms with van der Waals surface area (Å²) in [4.78, 5) is 36.5. The predicted molar refractivity (Wildman–Crippen MR) is 132 cm³/mol. The van der Waals surface area contributed by atoms with Crippen molar-refractivity contribution in [2.24, 2.45) is 0 Å². The maximum absolute atomic E-state index is 12.7. The van der Waals surface area contributed by atoms with Gasteiger partial charge in [-0.05, 0) is 62.5 Å². The van der Waals surface area contributed by atoms with Gasteiger partial charge in [-0.25, -0.2) is 4.98 Å². The van der Waals surface area contributed by atoms with Crippen LogP contribution in [0.1, 0.15) is 32.1 Å². The highest BCUT2D eigenvalue weighted by Gasteiger charge is 2.23. The minimum absolute atomic E-state index is 0.0415. The molecule has 2 aliphatic rings. The van der Waals surface area contributed by atoms with E-state index >= 15 is 0 Å². The van der Waals surface area contributed by atoms with E-state index in [0.717, 1.165) is 56.0 Å². The Bertz CT molecular complexity index is 1030. The number of likely N-dealkylation sites (tertiary alicyclic amines) is 2. The van der Waals surface area contributed by atoms with Gasteiger partial charge in [0.1, 0.15) is 11.5 Å². The number of piperidine rings is 2. The highest BCUT2D eigenvalue weighted by Crippen LogP contribution is 2.23. The maximum atomic E-state index is 12.7. The van der Waals surface area contributed by atoms with Crippen molar-refractivity contribution in [1.29, 1.82) is 0 Å². The van der Waals surface area contributed by atoms with Crippen molar-refractivity contribution in [3.63, 3.8) is 0 Å². The summed E-state index contributed by atoms with van der Waals surface area (Å²) >= 11 is 0. The molecule has 176 valence electrons. The van der Waals surface area contributed by atoms with E-state index in [0.29, 0.717) is 12.2 Å². The lowest BCUT2D eigenvalue weighted by atomic mass is 10.0. The molecule has 8 nitrogen and oxygen atoms in total. The number of nitrogens with zero attached hydrogens (tertiary/aromatic N) is 3. The van der Waals surface area contributed by atoms with Crippen molar-refractivity contribution in [1.82, 2.24) is 19.8 Å². The SMILES string of the molecule is CNc1cc(-c2c[nH]c(=O)c(N[C@@H]3CCCN(C(=O)/C=C/CN4CCCCC4)C3)c2)ccn1. The summed E-state index contributed by atoms with van der Waals surface area (Å²) in [6.07, 6.45) is 12.8. The number of amides is 1. The Morgan fingerprint density at radius 2 is 2.03 bits per heavy atom. The van der Waals surface area contributed by atoms with E-state index in [1.807, 2.05) is 36.2 Å². The average molecular weight is 451 g/mol. The molecule has 0 spiro atoms. The Hall–Kier alpha value is -3.13. The van der Waals surface area contributed by atoms with Crippen LogP contribution in [0.3, 0.4) is 0 Å². The lowest BCUT2D eigenvalue weighted by Gasteiger charge is -2.33. The van der Waals surface area contributed by atoms with E-state index in [9.17, 15) is 9.59 Å². The van der Waals surface area contributed by atoms with Crippen LogP contribution in [0.4, 0.5) is 11.5 Å². The first-order chi connectivity index (χ1) is 16.1. The van der Waals surface area contributed by atoms with Crippen LogP contribution in [-0.4, -0.2) is 71.5 Å². The summed E-state index contributed by atoms with van der Waals surface area (Å²) in [6, 6.07) is 5.76. The monoisotopic (exact) mass is 450 g/mol. The van der Waals surface area contributed by atoms with E-state index in [4.69, 9.17) is 0 Å². The van der Waals surface area contributed by atoms with Gasteiger partial charge in [-0.3, -0.25) is 14.5 Å². The lowest BCUT2D eigenvalue weighted by Crippen LogP contribution is -2.45. The summed E-state index contributed by atoms with van der Waals surface area (Å²) < 4.78 is 0. The zero-order valence-electron chi connectivity index (χ0n) is 19.3. The van der Waals surface area contributed by atoms with Crippen molar-refractivity contribution in [3.8, 4) is 11.1 Å². The predicted octanol–water partition coefficient (Wildman–Crippen LogP) is 2.92. The summed E-state index contributed by atoms with van der Waals surface area (Å²) in [5.74, 6) is 0.820. The van der Waals surface area contributed by atoms with Gasteiger partial charge in [0.2, 0.25) is 5.91 Å². The Kier molecular flexibility index (Phi) is 7.78. The second kappa shape index (κ2) is 11.1. The number of hydrogen-bond donors (Lipinski definition) is 3. The van der Waals surface area contributed by atoms with E-state index in [1.54, 1.807) is 18.5 Å². The summed E-state index contributed by atoms with van der Waals surface area (Å²) in [5, 5.41) is 6.41. The van der Waals surface area contributed by atoms with Crippen molar-refractivity contribution in [2.45, 2.75) is 38.1 Å². The molecule has 0 aliphatic carbocycles. The number of pyridine rings is 2. The zero-order valence-corrected chi connectivity index (χ0v) is 19.3. The molecule has 0 bridgehead atoms. The molecule has 2 saturated heterocycles. The minimum Gasteiger partial charge on any atom is -0.376 e. The van der Waals surface area contributed by atoms with Crippen molar-refractivity contribution < 1.29 is 4.79 Å². The maximum Gasteiger partial charge on any atom is 0.271 e. The van der Waals surface area contributed by atoms with Crippen molar-refractivity contribution >= 4 is 17.4 Å². The van der Waals surface area contributed by atoms with Crippen molar-refractivity contribution in [2.75, 3.05) is 50.4 Å². The van der Waals surface area contributed by atoms with E-state index in [1.165, 1.54) is 19.3 Å². The van der Waals surface area contributed by atoms with Gasteiger partial charge in [0.15, 0.2) is 0 Å². The highest BCUT2D eigenvalue weighted by molar-refractivity contribution is 5.87. The number of aromatic amines is 1. The molecular formula is C25H34N6O2. The summed E-state index contributed by atoms with van der Waals surface area (Å²) in [7, 11) is 1.82. The van der Waals surface area contributed by atoms with Crippen LogP contribution < -0.4 is 16.2 Å². The molecule has 4 heterocycles. The number of carbonyl (C=O) groups is 1. The molecule has 0 unspecified atom stereocenters. The zero-order chi connectivity index (χ0) is 23.0. The summed E-state index contributed by atoms with van der Waals surface area (Å²) in [5.41, 5.74) is 2.23. The van der Waals surface area contributed by atoms with Crippen LogP contribution in [0.5, 0.6) is 0 Å². The van der Waals surface area contributed by atoms with Crippen LogP contribution in [-0.2, 0) is 4.79 Å². The fourth-order valence-corrected chi connectivity index (χ4v) is 4.57. The van der Waals surface area contributed by atoms with Gasteiger partial charge < -0.3 is 20.5 Å². The van der Waals surface area contributed by atoms with Gasteiger partial charge in [0.05, 0.1) is 0 Å². The molecule has 1 amide bonds. The van der Waals surface area contributed by atoms with Crippen molar-refractivity contribution in [3.05, 3.63) is 53.1 Å². The average Bonchev–Trinajstić information content (AvgIpc) is 2.86. The first kappa shape index (κ1) is 23.0. The van der Waals surface area contributed by atoms with Gasteiger partial charge >= 0.3 is 0 Å². The topological polar surface area (TPSA) is 93.4 Å². The fourth-order valence-electron chi connectivity index (χ4n) is 4.57. The smallest absolute Gasteiger partial charge is 0.271 e. The fraction of sp³-hybridized carbons (Fsp3) is 0.480. The third-order valence-electron chi connectivity index (χ3n) is 6.42. The third kappa shape index (κ3) is 6.22. The molecule has 1 atom stereocenters. The molecule has 2 aliphatic heterocycles. The lowest BCUT2D eigenvalue weighted by molar-refractivity contribution is -0.127. The van der Waals surface area contributed by atoms with Gasteiger partial charge in [-0.2, -0.15) is 0 Å². The van der Waals surface area contributed by atoms with E-state index < -0.39 is 0 Å². The molecular weight excluding hydrogens is 416 g/mol. The Labute approximate surface area is 195 Å². The quantitative estimate of drug-likeness (QED) is 0.562. The minimum atomic E-state index is -0.161. The number of rotatable bonds is 7. The van der Waals surface area contributed by atoms with Crippen LogP contribution in [0.15, 0.2) is 47.5 Å². The van der Waals surface area contributed by atoms with Gasteiger partial charge in [0, 0.05) is 56.8 Å². The molecule has 0 radical (unpaired) electrons. The molecule has 0 saturated carbocycles. The Morgan fingerprint density at radius 1 is 1.18 bits per heavy atom. The second-order valence-electron chi connectivity index (χ2n) is 8.84. The number of H-pyrrole nitrogens is 1. The first-order valence-electron chi connectivity index (χ1n) is 11.9. The summed E-state index contributed by atoms with van der Waals surface area (Å²) in [6.45, 7) is 4.43. The van der Waals surface area contributed by atoms with Crippen LogP contribution in [0.2, 0.25) is 0 Å². The van der Waals surface area contributed by atoms with Gasteiger partial charge in [-0.15, -0.1) is 0 Å². The molecule has 3 N–H and O–H groups in total. The van der Waals surface area contributed by atoms with E-state index in [-0.39, 0.29) is 17.5 Å². The first-order valence-corrected chi connectivity index (χ1v) is 11.9. The standard InChI is InChI=1S/C25H34N6O2/c1-26-23-16-19(9-10-27-23)20-15-22(25(33)28-17-20)29-21-7-5-14-31(18-21)24(32)8-6-13-30-11-3-2-4-12-30/h6,8-10,15-17,21,29H,2-5,7,11-14,18H2,1H3,(H,26,27)(H,28,33)/b8-6+/t21-/m1/s1. The molecule has 0 aromatic carbocycles. The van der Waals surface area contributed by atoms with Crippen LogP contribution in [0, 0.1) is 0 Å². The van der Waals surface area contributed by atoms with Crippen LogP contribution in [0.25, 0.3) is 11.1 Å². The van der Waals surface area contributed by atoms with Gasteiger partial charge in [0.25, 0.3) is 5.56 Å². The van der Waals surface area contributed by atoms with Crippen LogP contribution >= 0.6 is 0 Å². The molecule has 2 aromatic heterocycles. The number of anilines is 2. The third-order valence-corrected chi connectivity index (χ3v) is 6.42. The molecule has 33 heavy (non-hydrogen) atoms. The normalized spacial score (nSPS) is 19.5. The number of aromatic nitrogens is 2. The number of nitrogens with one attached hydrogen (secondary N) is 3. The molecule has 4 rings (SSSR count). The second-order valence-corrected chi connectivity index (χ2v) is 8.84. The highest BCUT2D eigenvalue weighted by atomic mass is 16.2. The van der Waals surface area contributed by atoms with Gasteiger partial charge in [-0.1, -0.05) is 12.5 Å². The molecule has 2 fully saturated rings. The molecule has 8 heteroatoms. The molecule has 2 aromatic rings. The largest absolute Gasteiger partial charge is 0.376 e. The number of carbonyl (C=O) groups excluding carboxylic acids is 1. The van der Waals surface area contributed by atoms with E-state index in [2.05, 4.69) is 25.5 Å². The Balaban J connectivity index is 1.37. The Morgan fingerprint density at radius 3 is 2.85 bits per heavy atom. The number of hydrogen-bond acceptors (Lipinski definition) is 6.